The molecule has 6 nitrogen and oxygen atoms in total. The van der Waals surface area contributed by atoms with Gasteiger partial charge in [-0.05, 0) is 99.3 Å². The fourth-order valence-corrected chi connectivity index (χ4v) is 11.8. The Bertz CT molecular complexity index is 4480. The summed E-state index contributed by atoms with van der Waals surface area (Å²) < 4.78 is 15.8. The van der Waals surface area contributed by atoms with E-state index in [4.69, 9.17) is 23.8 Å². The zero-order chi connectivity index (χ0) is 46.7. The van der Waals surface area contributed by atoms with Gasteiger partial charge in [0.15, 0.2) is 17.5 Å². The monoisotopic (exact) mass is 910 g/mol. The van der Waals surface area contributed by atoms with Crippen LogP contribution in [0.15, 0.2) is 221 Å². The molecule has 4 heterocycles. The Morgan fingerprint density at radius 3 is 1.85 bits per heavy atom. The molecule has 0 radical (unpaired) electrons. The number of benzene rings is 10. The first kappa shape index (κ1) is 39.8. The number of hydrogen-bond acceptors (Lipinski definition) is 5. The predicted molar refractivity (Wildman–Crippen MR) is 289 cm³/mol. The van der Waals surface area contributed by atoms with Crippen LogP contribution in [-0.2, 0) is 6.42 Å². The lowest BCUT2D eigenvalue weighted by molar-refractivity contribution is 0.569. The van der Waals surface area contributed by atoms with Crippen LogP contribution in [0.25, 0.3) is 127 Å². The van der Waals surface area contributed by atoms with E-state index in [1.54, 1.807) is 0 Å². The van der Waals surface area contributed by atoms with E-state index in [1.165, 1.54) is 38.6 Å². The van der Waals surface area contributed by atoms with Gasteiger partial charge in [0.2, 0.25) is 0 Å². The molecule has 14 aromatic rings. The van der Waals surface area contributed by atoms with E-state index in [9.17, 15) is 0 Å². The number of fused-ring (bicyclic) bond motifs is 13. The third-order valence-electron chi connectivity index (χ3n) is 15.2. The Morgan fingerprint density at radius 2 is 1.01 bits per heavy atom. The Kier molecular flexibility index (Phi) is 8.66. The van der Waals surface area contributed by atoms with Gasteiger partial charge in [-0.3, -0.25) is 0 Å². The Hall–Kier alpha value is -9.13. The third kappa shape index (κ3) is 6.11. The van der Waals surface area contributed by atoms with Crippen LogP contribution in [0.4, 0.5) is 0 Å². The summed E-state index contributed by atoms with van der Waals surface area (Å²) in [6.07, 6.45) is 0.885. The molecule has 334 valence electrons. The van der Waals surface area contributed by atoms with Crippen molar-refractivity contribution in [3.05, 3.63) is 229 Å². The second kappa shape index (κ2) is 15.4. The SMILES string of the molecule is CC(c1ccccc1)C1Cc2ccccc2-c2cccc(-c3nc(-c4cc5c(cc4-n4c6ccccc6c6cc7ccccc7cc64)oc4ccccc45)nc(-c4cccc5c4oc4ccccc45)n3)c21. The van der Waals surface area contributed by atoms with Gasteiger partial charge in [0, 0.05) is 49.5 Å². The van der Waals surface area contributed by atoms with E-state index < -0.39 is 0 Å². The summed E-state index contributed by atoms with van der Waals surface area (Å²) in [6.45, 7) is 2.37. The van der Waals surface area contributed by atoms with Crippen molar-refractivity contribution in [2.24, 2.45) is 0 Å². The molecule has 0 aliphatic heterocycles. The summed E-state index contributed by atoms with van der Waals surface area (Å²) in [5.74, 6) is 2.03. The van der Waals surface area contributed by atoms with Gasteiger partial charge < -0.3 is 13.4 Å². The van der Waals surface area contributed by atoms with Crippen molar-refractivity contribution in [1.82, 2.24) is 19.5 Å². The number of furan rings is 2. The molecule has 15 rings (SSSR count). The maximum Gasteiger partial charge on any atom is 0.167 e. The molecule has 4 aromatic heterocycles. The van der Waals surface area contributed by atoms with Gasteiger partial charge in [0.05, 0.1) is 22.3 Å². The van der Waals surface area contributed by atoms with Crippen LogP contribution in [0.3, 0.4) is 0 Å². The molecule has 0 saturated carbocycles. The average molecular weight is 911 g/mol. The number of hydrogen-bond donors (Lipinski definition) is 0. The van der Waals surface area contributed by atoms with Crippen LogP contribution in [0.1, 0.15) is 35.4 Å². The van der Waals surface area contributed by atoms with Crippen molar-refractivity contribution >= 4 is 76.5 Å². The normalized spacial score (nSPS) is 14.0. The second-order valence-corrected chi connectivity index (χ2v) is 19.1. The zero-order valence-corrected chi connectivity index (χ0v) is 38.7. The highest BCUT2D eigenvalue weighted by Gasteiger charge is 2.33. The van der Waals surface area contributed by atoms with Crippen LogP contribution in [-0.4, -0.2) is 19.5 Å². The molecule has 2 atom stereocenters. The van der Waals surface area contributed by atoms with Crippen LogP contribution in [0.5, 0.6) is 0 Å². The highest BCUT2D eigenvalue weighted by Crippen LogP contribution is 2.50. The highest BCUT2D eigenvalue weighted by molar-refractivity contribution is 6.15. The quantitative estimate of drug-likeness (QED) is 0.166. The average Bonchev–Trinajstić information content (AvgIpc) is 4.10. The van der Waals surface area contributed by atoms with Crippen molar-refractivity contribution in [3.63, 3.8) is 0 Å². The molecule has 6 heteroatoms. The molecular formula is C65H42N4O2. The topological polar surface area (TPSA) is 69.9 Å². The fraction of sp³-hybridized carbons (Fsp3) is 0.0615. The van der Waals surface area contributed by atoms with Gasteiger partial charge in [0.1, 0.15) is 22.3 Å². The minimum Gasteiger partial charge on any atom is -0.456 e. The van der Waals surface area contributed by atoms with E-state index >= 15 is 0 Å². The Morgan fingerprint density at radius 1 is 0.423 bits per heavy atom. The first-order valence-corrected chi connectivity index (χ1v) is 24.4. The summed E-state index contributed by atoms with van der Waals surface area (Å²) >= 11 is 0. The third-order valence-corrected chi connectivity index (χ3v) is 15.2. The van der Waals surface area contributed by atoms with E-state index in [-0.39, 0.29) is 11.8 Å². The van der Waals surface area contributed by atoms with Crippen LogP contribution >= 0.6 is 0 Å². The molecule has 2 unspecified atom stereocenters. The predicted octanol–water partition coefficient (Wildman–Crippen LogP) is 17.0. The second-order valence-electron chi connectivity index (χ2n) is 19.1. The fourth-order valence-electron chi connectivity index (χ4n) is 11.8. The molecule has 0 saturated heterocycles. The first-order valence-electron chi connectivity index (χ1n) is 24.4. The molecular weight excluding hydrogens is 869 g/mol. The summed E-state index contributed by atoms with van der Waals surface area (Å²) in [5.41, 5.74) is 15.2. The van der Waals surface area contributed by atoms with Crippen LogP contribution in [0, 0.1) is 0 Å². The van der Waals surface area contributed by atoms with Crippen molar-refractivity contribution in [1.29, 1.82) is 0 Å². The highest BCUT2D eigenvalue weighted by atomic mass is 16.3. The van der Waals surface area contributed by atoms with Gasteiger partial charge in [-0.2, -0.15) is 0 Å². The Balaban J connectivity index is 1.06. The molecule has 0 amide bonds. The molecule has 1 aliphatic carbocycles. The van der Waals surface area contributed by atoms with E-state index in [0.717, 1.165) is 94.5 Å². The molecule has 10 aromatic carbocycles. The van der Waals surface area contributed by atoms with Gasteiger partial charge in [-0.1, -0.05) is 171 Å². The first-order chi connectivity index (χ1) is 35.1. The molecule has 0 N–H and O–H groups in total. The van der Waals surface area contributed by atoms with Crippen LogP contribution < -0.4 is 0 Å². The van der Waals surface area contributed by atoms with E-state index in [2.05, 4.69) is 200 Å². The van der Waals surface area contributed by atoms with Crippen molar-refractivity contribution in [2.75, 3.05) is 0 Å². The lowest BCUT2D eigenvalue weighted by atomic mass is 9.70. The minimum atomic E-state index is 0.137. The standard InChI is InChI=1S/C65H42N4O2/c1-38(39-17-3-2-4-18-39)51-34-42-21-7-8-22-43(42)47-26-15-28-49(61(47)51)63-66-64(50-29-16-27-48-45-24-10-14-32-59(45)71-62(48)50)68-65(67-63)54-36-53-46-25-11-13-31-58(46)70-60(53)37-57(54)69-55-30-12-9-23-44(55)52-33-40-19-5-6-20-41(40)35-56(52)69/h2-33,35-38,51H,34H2,1H3. The molecule has 0 spiro atoms. The number of para-hydroxylation sites is 4. The van der Waals surface area contributed by atoms with Crippen molar-refractivity contribution in [3.8, 4) is 51.0 Å². The lowest BCUT2D eigenvalue weighted by Crippen LogP contribution is -2.18. The van der Waals surface area contributed by atoms with Crippen molar-refractivity contribution < 1.29 is 8.83 Å². The van der Waals surface area contributed by atoms with Gasteiger partial charge >= 0.3 is 0 Å². The van der Waals surface area contributed by atoms with Gasteiger partial charge in [-0.25, -0.2) is 15.0 Å². The van der Waals surface area contributed by atoms with Crippen LogP contribution in [0.2, 0.25) is 0 Å². The summed E-state index contributed by atoms with van der Waals surface area (Å²) in [4.78, 5) is 16.9. The molecule has 0 bridgehead atoms. The Labute approximate surface area is 408 Å². The largest absolute Gasteiger partial charge is 0.456 e. The van der Waals surface area contributed by atoms with Gasteiger partial charge in [-0.15, -0.1) is 0 Å². The summed E-state index contributed by atoms with van der Waals surface area (Å²) in [5, 5.41) is 8.75. The number of aromatic nitrogens is 4. The maximum atomic E-state index is 6.75. The number of nitrogens with zero attached hydrogens (tertiary/aromatic N) is 4. The molecule has 0 fully saturated rings. The summed E-state index contributed by atoms with van der Waals surface area (Å²) in [6, 6.07) is 75.5. The minimum absolute atomic E-state index is 0.137. The molecule has 71 heavy (non-hydrogen) atoms. The van der Waals surface area contributed by atoms with E-state index in [1.807, 2.05) is 24.3 Å². The smallest absolute Gasteiger partial charge is 0.167 e. The maximum absolute atomic E-state index is 6.75. The number of rotatable bonds is 6. The van der Waals surface area contributed by atoms with E-state index in [0.29, 0.717) is 17.5 Å². The summed E-state index contributed by atoms with van der Waals surface area (Å²) in [7, 11) is 0. The van der Waals surface area contributed by atoms with Crippen molar-refractivity contribution in [2.45, 2.75) is 25.2 Å². The lowest BCUT2D eigenvalue weighted by Gasteiger charge is -2.34. The molecule has 1 aliphatic rings. The van der Waals surface area contributed by atoms with Gasteiger partial charge in [0.25, 0.3) is 0 Å². The zero-order valence-electron chi connectivity index (χ0n) is 38.7.